The van der Waals surface area contributed by atoms with Gasteiger partial charge in [-0.05, 0) is 42.0 Å². The fourth-order valence-electron chi connectivity index (χ4n) is 3.17. The van der Waals surface area contributed by atoms with E-state index in [2.05, 4.69) is 5.32 Å². The van der Waals surface area contributed by atoms with Gasteiger partial charge in [0, 0.05) is 17.0 Å². The lowest BCUT2D eigenvalue weighted by Crippen LogP contribution is -2.22. The fraction of sp³-hybridized carbons (Fsp3) is 0.227. The molecule has 3 aromatic rings. The Bertz CT molecular complexity index is 1030. The summed E-state index contributed by atoms with van der Waals surface area (Å²) in [6.07, 6.45) is 0. The van der Waals surface area contributed by atoms with Gasteiger partial charge in [0.2, 0.25) is 0 Å². The van der Waals surface area contributed by atoms with Gasteiger partial charge in [-0.15, -0.1) is 11.3 Å². The van der Waals surface area contributed by atoms with Gasteiger partial charge in [-0.2, -0.15) is 0 Å². The van der Waals surface area contributed by atoms with E-state index in [1.54, 1.807) is 14.2 Å². The van der Waals surface area contributed by atoms with Gasteiger partial charge in [-0.25, -0.2) is 0 Å². The predicted octanol–water partition coefficient (Wildman–Crippen LogP) is 4.13. The highest BCUT2D eigenvalue weighted by Crippen LogP contribution is 2.37. The van der Waals surface area contributed by atoms with Crippen LogP contribution < -0.4 is 24.3 Å². The van der Waals surface area contributed by atoms with Crippen molar-refractivity contribution in [2.24, 2.45) is 0 Å². The minimum Gasteiger partial charge on any atom is -0.493 e. The number of amides is 1. The topological polar surface area (TPSA) is 66.0 Å². The maximum atomic E-state index is 12.6. The van der Waals surface area contributed by atoms with Gasteiger partial charge in [0.1, 0.15) is 13.2 Å². The average Bonchev–Trinajstić information content (AvgIpc) is 3.27. The maximum Gasteiger partial charge on any atom is 0.261 e. The summed E-state index contributed by atoms with van der Waals surface area (Å²) in [7, 11) is 3.17. The summed E-state index contributed by atoms with van der Waals surface area (Å²) in [5.74, 6) is 2.61. The van der Waals surface area contributed by atoms with Crippen LogP contribution in [0.1, 0.15) is 15.2 Å². The third-order valence-electron chi connectivity index (χ3n) is 4.58. The summed E-state index contributed by atoms with van der Waals surface area (Å²) in [6.45, 7) is 1.45. The lowest BCUT2D eigenvalue weighted by atomic mass is 10.1. The van der Waals surface area contributed by atoms with Crippen molar-refractivity contribution >= 4 is 17.2 Å². The molecule has 6 nitrogen and oxygen atoms in total. The van der Waals surface area contributed by atoms with E-state index in [0.29, 0.717) is 36.1 Å². The minimum atomic E-state index is -0.135. The Labute approximate surface area is 173 Å². The van der Waals surface area contributed by atoms with Crippen LogP contribution >= 0.6 is 11.3 Å². The van der Waals surface area contributed by atoms with E-state index in [0.717, 1.165) is 27.5 Å². The summed E-state index contributed by atoms with van der Waals surface area (Å²) < 4.78 is 21.9. The molecule has 0 radical (unpaired) electrons. The van der Waals surface area contributed by atoms with Crippen LogP contribution in [0.3, 0.4) is 0 Å². The van der Waals surface area contributed by atoms with E-state index < -0.39 is 0 Å². The van der Waals surface area contributed by atoms with Gasteiger partial charge >= 0.3 is 0 Å². The second kappa shape index (κ2) is 8.45. The van der Waals surface area contributed by atoms with Crippen molar-refractivity contribution in [1.29, 1.82) is 0 Å². The molecular formula is C22H21NO5S. The first-order chi connectivity index (χ1) is 14.2. The van der Waals surface area contributed by atoms with Crippen molar-refractivity contribution in [3.8, 4) is 33.4 Å². The van der Waals surface area contributed by atoms with Gasteiger partial charge in [0.25, 0.3) is 5.91 Å². The number of fused-ring (bicyclic) bond motifs is 1. The molecule has 0 saturated carbocycles. The number of carbonyl (C=O) groups is 1. The van der Waals surface area contributed by atoms with E-state index in [4.69, 9.17) is 18.9 Å². The highest BCUT2D eigenvalue weighted by Gasteiger charge is 2.16. The molecule has 4 rings (SSSR count). The average molecular weight is 411 g/mol. The number of carbonyl (C=O) groups excluding carboxylic acids is 1. The Balaban J connectivity index is 1.47. The Morgan fingerprint density at radius 2 is 1.86 bits per heavy atom. The molecule has 0 atom stereocenters. The number of methoxy groups -OCH3 is 2. The molecule has 1 aromatic heterocycles. The number of thiophene rings is 1. The molecule has 2 heterocycles. The molecule has 1 aliphatic rings. The third kappa shape index (κ3) is 4.00. The molecule has 2 aromatic carbocycles. The van der Waals surface area contributed by atoms with Crippen LogP contribution in [0, 0.1) is 0 Å². The number of para-hydroxylation sites is 1. The first kappa shape index (κ1) is 19.1. The molecule has 0 saturated heterocycles. The molecule has 150 valence electrons. The quantitative estimate of drug-likeness (QED) is 0.661. The largest absolute Gasteiger partial charge is 0.493 e. The summed E-state index contributed by atoms with van der Waals surface area (Å²) in [5.41, 5.74) is 1.84. The van der Waals surface area contributed by atoms with Gasteiger partial charge in [0.05, 0.1) is 19.1 Å². The van der Waals surface area contributed by atoms with Crippen LogP contribution in [0.5, 0.6) is 23.0 Å². The van der Waals surface area contributed by atoms with Crippen molar-refractivity contribution < 1.29 is 23.7 Å². The number of nitrogens with one attached hydrogen (secondary N) is 1. The SMILES string of the molecule is COc1cccc(CNC(=O)c2ccc(-c3ccc4c(c3)OCCO4)s2)c1OC. The van der Waals surface area contributed by atoms with Crippen molar-refractivity contribution in [3.05, 3.63) is 59.0 Å². The van der Waals surface area contributed by atoms with Gasteiger partial charge < -0.3 is 24.3 Å². The lowest BCUT2D eigenvalue weighted by Gasteiger charge is -2.18. The summed E-state index contributed by atoms with van der Waals surface area (Å²) in [6, 6.07) is 15.2. The van der Waals surface area contributed by atoms with Crippen LogP contribution in [-0.4, -0.2) is 33.3 Å². The number of hydrogen-bond acceptors (Lipinski definition) is 6. The minimum absolute atomic E-state index is 0.135. The van der Waals surface area contributed by atoms with Gasteiger partial charge in [-0.3, -0.25) is 4.79 Å². The van der Waals surface area contributed by atoms with Crippen LogP contribution in [0.15, 0.2) is 48.5 Å². The predicted molar refractivity (Wildman–Crippen MR) is 111 cm³/mol. The van der Waals surface area contributed by atoms with Crippen molar-refractivity contribution in [2.75, 3.05) is 27.4 Å². The molecule has 1 aliphatic heterocycles. The smallest absolute Gasteiger partial charge is 0.261 e. The Morgan fingerprint density at radius 3 is 2.66 bits per heavy atom. The monoisotopic (exact) mass is 411 g/mol. The Morgan fingerprint density at radius 1 is 1.03 bits per heavy atom. The summed E-state index contributed by atoms with van der Waals surface area (Å²) in [4.78, 5) is 14.3. The zero-order valence-corrected chi connectivity index (χ0v) is 17.0. The number of hydrogen-bond donors (Lipinski definition) is 1. The highest BCUT2D eigenvalue weighted by atomic mass is 32.1. The molecule has 0 fully saturated rings. The fourth-order valence-corrected chi connectivity index (χ4v) is 4.09. The highest BCUT2D eigenvalue weighted by molar-refractivity contribution is 7.17. The van der Waals surface area contributed by atoms with E-state index in [1.165, 1.54) is 11.3 Å². The molecule has 0 aliphatic carbocycles. The van der Waals surface area contributed by atoms with E-state index in [-0.39, 0.29) is 5.91 Å². The van der Waals surface area contributed by atoms with Crippen LogP contribution in [0.4, 0.5) is 0 Å². The summed E-state index contributed by atoms with van der Waals surface area (Å²) >= 11 is 1.43. The normalized spacial score (nSPS) is 12.3. The second-order valence-corrected chi connectivity index (χ2v) is 7.44. The zero-order valence-electron chi connectivity index (χ0n) is 16.2. The standard InChI is InChI=1S/C22H21NO5S/c1-25-17-5-3-4-15(21(17)26-2)13-23-22(24)20-9-8-19(29-20)14-6-7-16-18(12-14)28-11-10-27-16/h3-9,12H,10-11,13H2,1-2H3,(H,23,24). The molecule has 0 unspecified atom stereocenters. The molecule has 7 heteroatoms. The van der Waals surface area contributed by atoms with Gasteiger partial charge in [0.15, 0.2) is 23.0 Å². The zero-order chi connectivity index (χ0) is 20.2. The van der Waals surface area contributed by atoms with Crippen LogP contribution in [0.25, 0.3) is 10.4 Å². The van der Waals surface area contributed by atoms with Crippen molar-refractivity contribution in [2.45, 2.75) is 6.54 Å². The van der Waals surface area contributed by atoms with E-state index >= 15 is 0 Å². The van der Waals surface area contributed by atoms with Gasteiger partial charge in [-0.1, -0.05) is 12.1 Å². The molecule has 0 spiro atoms. The number of rotatable bonds is 6. The van der Waals surface area contributed by atoms with Crippen LogP contribution in [0.2, 0.25) is 0 Å². The van der Waals surface area contributed by atoms with Crippen molar-refractivity contribution in [3.63, 3.8) is 0 Å². The van der Waals surface area contributed by atoms with E-state index in [9.17, 15) is 4.79 Å². The molecule has 0 bridgehead atoms. The molecule has 29 heavy (non-hydrogen) atoms. The van der Waals surface area contributed by atoms with Crippen molar-refractivity contribution in [1.82, 2.24) is 5.32 Å². The Kier molecular flexibility index (Phi) is 5.57. The third-order valence-corrected chi connectivity index (χ3v) is 5.71. The van der Waals surface area contributed by atoms with E-state index in [1.807, 2.05) is 48.5 Å². The lowest BCUT2D eigenvalue weighted by molar-refractivity contribution is 0.0954. The first-order valence-electron chi connectivity index (χ1n) is 9.17. The summed E-state index contributed by atoms with van der Waals surface area (Å²) in [5, 5.41) is 2.95. The number of benzene rings is 2. The maximum absolute atomic E-state index is 12.6. The van der Waals surface area contributed by atoms with Crippen LogP contribution in [-0.2, 0) is 6.54 Å². The first-order valence-corrected chi connectivity index (χ1v) is 9.99. The Hall–Kier alpha value is -3.19. The second-order valence-electron chi connectivity index (χ2n) is 6.36. The number of ether oxygens (including phenoxy) is 4. The molecular weight excluding hydrogens is 390 g/mol. The molecule has 1 N–H and O–H groups in total. The molecule has 1 amide bonds.